The fraction of sp³-hybridized carbons (Fsp3) is 0.500. The number of nitrogens with one attached hydrogen (secondary N) is 1. The lowest BCUT2D eigenvalue weighted by atomic mass is 10.2. The van der Waals surface area contributed by atoms with E-state index in [9.17, 15) is 0 Å². The van der Waals surface area contributed by atoms with Gasteiger partial charge >= 0.3 is 0 Å². The van der Waals surface area contributed by atoms with Crippen LogP contribution in [0.25, 0.3) is 11.0 Å². The summed E-state index contributed by atoms with van der Waals surface area (Å²) in [5, 5.41) is 11.3. The molecular formula is C14H20N4O. The third-order valence-corrected chi connectivity index (χ3v) is 2.56. The van der Waals surface area contributed by atoms with E-state index in [4.69, 9.17) is 4.74 Å². The number of nitrogens with zero attached hydrogens (tertiary/aromatic N) is 3. The normalized spacial score (nSPS) is 11.1. The van der Waals surface area contributed by atoms with Crippen LogP contribution < -0.4 is 5.32 Å². The molecule has 1 N–H and O–H groups in total. The Kier molecular flexibility index (Phi) is 5.03. The van der Waals surface area contributed by atoms with Crippen molar-refractivity contribution in [1.29, 1.82) is 0 Å². The van der Waals surface area contributed by atoms with E-state index in [2.05, 4.69) is 34.3 Å². The van der Waals surface area contributed by atoms with Crippen LogP contribution in [0.15, 0.2) is 24.3 Å². The van der Waals surface area contributed by atoms with E-state index in [1.54, 1.807) is 0 Å². The van der Waals surface area contributed by atoms with Crippen molar-refractivity contribution < 1.29 is 4.74 Å². The Bertz CT molecular complexity index is 516. The zero-order valence-electron chi connectivity index (χ0n) is 11.5. The molecule has 2 rings (SSSR count). The van der Waals surface area contributed by atoms with Gasteiger partial charge in [0.2, 0.25) is 5.95 Å². The zero-order chi connectivity index (χ0) is 13.5. The van der Waals surface area contributed by atoms with Gasteiger partial charge in [-0.3, -0.25) is 0 Å². The summed E-state index contributed by atoms with van der Waals surface area (Å²) in [6.07, 6.45) is 0.933. The van der Waals surface area contributed by atoms with Crippen LogP contribution in [0, 0.1) is 5.92 Å². The van der Waals surface area contributed by atoms with Crippen molar-refractivity contribution >= 4 is 17.0 Å². The molecule has 0 amide bonds. The summed E-state index contributed by atoms with van der Waals surface area (Å²) in [6, 6.07) is 7.71. The molecule has 0 atom stereocenters. The number of hydrogen-bond acceptors (Lipinski definition) is 5. The topological polar surface area (TPSA) is 59.9 Å². The van der Waals surface area contributed by atoms with Crippen molar-refractivity contribution in [3.63, 3.8) is 0 Å². The van der Waals surface area contributed by atoms with Gasteiger partial charge in [-0.05, 0) is 24.5 Å². The molecule has 0 radical (unpaired) electrons. The molecule has 1 aromatic carbocycles. The van der Waals surface area contributed by atoms with Crippen molar-refractivity contribution in [2.45, 2.75) is 20.3 Å². The van der Waals surface area contributed by atoms with Crippen molar-refractivity contribution in [3.8, 4) is 0 Å². The first-order valence-corrected chi connectivity index (χ1v) is 6.67. The summed E-state index contributed by atoms with van der Waals surface area (Å²) < 4.78 is 5.51. The summed E-state index contributed by atoms with van der Waals surface area (Å²) in [5.41, 5.74) is 1.67. The summed E-state index contributed by atoms with van der Waals surface area (Å²) in [7, 11) is 0. The van der Waals surface area contributed by atoms with E-state index >= 15 is 0 Å². The molecule has 0 aliphatic carbocycles. The van der Waals surface area contributed by atoms with Crippen molar-refractivity contribution in [3.05, 3.63) is 24.3 Å². The minimum Gasteiger partial charge on any atom is -0.381 e. The molecule has 19 heavy (non-hydrogen) atoms. The van der Waals surface area contributed by atoms with Gasteiger partial charge in [-0.15, -0.1) is 10.2 Å². The Morgan fingerprint density at radius 2 is 1.95 bits per heavy atom. The predicted molar refractivity (Wildman–Crippen MR) is 76.1 cm³/mol. The smallest absolute Gasteiger partial charge is 0.243 e. The number of hydrogen-bond donors (Lipinski definition) is 1. The van der Waals surface area contributed by atoms with E-state index in [1.807, 2.05) is 24.3 Å². The molecule has 102 valence electrons. The van der Waals surface area contributed by atoms with Crippen molar-refractivity contribution in [2.75, 3.05) is 25.1 Å². The van der Waals surface area contributed by atoms with Gasteiger partial charge in [-0.2, -0.15) is 0 Å². The standard InChI is InChI=1S/C14H20N4O/c1-11(2)10-19-9-5-8-15-14-16-12-6-3-4-7-13(12)17-18-14/h3-4,6-7,11H,5,8-10H2,1-2H3,(H,15,16,18). The van der Waals surface area contributed by atoms with E-state index < -0.39 is 0 Å². The summed E-state index contributed by atoms with van der Waals surface area (Å²) in [6.45, 7) is 6.65. The van der Waals surface area contributed by atoms with Crippen LogP contribution >= 0.6 is 0 Å². The molecule has 0 aliphatic rings. The minimum atomic E-state index is 0.572. The van der Waals surface area contributed by atoms with Crippen LogP contribution in [0.5, 0.6) is 0 Å². The molecule has 2 aromatic rings. The minimum absolute atomic E-state index is 0.572. The quantitative estimate of drug-likeness (QED) is 0.775. The average Bonchev–Trinajstić information content (AvgIpc) is 2.42. The molecule has 1 heterocycles. The van der Waals surface area contributed by atoms with Crippen molar-refractivity contribution in [1.82, 2.24) is 15.2 Å². The third-order valence-electron chi connectivity index (χ3n) is 2.56. The Hall–Kier alpha value is -1.75. The highest BCUT2D eigenvalue weighted by Gasteiger charge is 2.00. The van der Waals surface area contributed by atoms with Crippen LogP contribution in [-0.4, -0.2) is 34.9 Å². The number of fused-ring (bicyclic) bond motifs is 1. The van der Waals surface area contributed by atoms with Gasteiger partial charge in [0.25, 0.3) is 0 Å². The van der Waals surface area contributed by atoms with E-state index in [0.717, 1.165) is 37.2 Å². The Morgan fingerprint density at radius 1 is 1.16 bits per heavy atom. The maximum atomic E-state index is 5.51. The number of para-hydroxylation sites is 1. The first-order valence-electron chi connectivity index (χ1n) is 6.67. The fourth-order valence-corrected chi connectivity index (χ4v) is 1.65. The molecule has 1 aromatic heterocycles. The molecule has 5 nitrogen and oxygen atoms in total. The van der Waals surface area contributed by atoms with Gasteiger partial charge in [0.15, 0.2) is 0 Å². The first kappa shape index (κ1) is 13.7. The van der Waals surface area contributed by atoms with Crippen LogP contribution in [0.1, 0.15) is 20.3 Å². The molecule has 0 saturated heterocycles. The summed E-state index contributed by atoms with van der Waals surface area (Å²) >= 11 is 0. The maximum absolute atomic E-state index is 5.51. The molecule has 0 unspecified atom stereocenters. The van der Waals surface area contributed by atoms with Gasteiger partial charge in [-0.25, -0.2) is 4.98 Å². The van der Waals surface area contributed by atoms with Crippen LogP contribution in [0.4, 0.5) is 5.95 Å². The van der Waals surface area contributed by atoms with E-state index in [1.165, 1.54) is 0 Å². The highest BCUT2D eigenvalue weighted by molar-refractivity contribution is 5.73. The van der Waals surface area contributed by atoms with Crippen molar-refractivity contribution in [2.24, 2.45) is 5.92 Å². The molecule has 0 spiro atoms. The lowest BCUT2D eigenvalue weighted by Gasteiger charge is -2.07. The zero-order valence-corrected chi connectivity index (χ0v) is 11.5. The molecule has 0 fully saturated rings. The number of ether oxygens (including phenoxy) is 1. The fourth-order valence-electron chi connectivity index (χ4n) is 1.65. The lowest BCUT2D eigenvalue weighted by Crippen LogP contribution is -2.10. The van der Waals surface area contributed by atoms with Gasteiger partial charge in [0.05, 0.1) is 5.52 Å². The third kappa shape index (κ3) is 4.44. The van der Waals surface area contributed by atoms with Crippen LogP contribution in [0.3, 0.4) is 0 Å². The second kappa shape index (κ2) is 6.99. The summed E-state index contributed by atoms with van der Waals surface area (Å²) in [5.74, 6) is 1.16. The highest BCUT2D eigenvalue weighted by Crippen LogP contribution is 2.08. The SMILES string of the molecule is CC(C)COCCCNc1nnc2ccccc2n1. The molecule has 0 aliphatic heterocycles. The maximum Gasteiger partial charge on any atom is 0.243 e. The number of benzene rings is 1. The Morgan fingerprint density at radius 3 is 2.74 bits per heavy atom. The van der Waals surface area contributed by atoms with Gasteiger partial charge in [0, 0.05) is 19.8 Å². The largest absolute Gasteiger partial charge is 0.381 e. The lowest BCUT2D eigenvalue weighted by molar-refractivity contribution is 0.110. The number of anilines is 1. The molecule has 5 heteroatoms. The van der Waals surface area contributed by atoms with Crippen LogP contribution in [-0.2, 0) is 4.74 Å². The second-order valence-electron chi connectivity index (χ2n) is 4.87. The molecule has 0 saturated carbocycles. The number of aromatic nitrogens is 3. The Balaban J connectivity index is 1.75. The van der Waals surface area contributed by atoms with E-state index in [-0.39, 0.29) is 0 Å². The second-order valence-corrected chi connectivity index (χ2v) is 4.87. The van der Waals surface area contributed by atoms with Gasteiger partial charge in [-0.1, -0.05) is 26.0 Å². The average molecular weight is 260 g/mol. The van der Waals surface area contributed by atoms with Crippen LogP contribution in [0.2, 0.25) is 0 Å². The monoisotopic (exact) mass is 260 g/mol. The molecule has 0 bridgehead atoms. The Labute approximate surface area is 113 Å². The van der Waals surface area contributed by atoms with Gasteiger partial charge in [0.1, 0.15) is 5.52 Å². The first-order chi connectivity index (χ1) is 9.25. The number of rotatable bonds is 7. The van der Waals surface area contributed by atoms with Gasteiger partial charge < -0.3 is 10.1 Å². The predicted octanol–water partition coefficient (Wildman–Crippen LogP) is 2.50. The van der Waals surface area contributed by atoms with E-state index in [0.29, 0.717) is 11.9 Å². The highest BCUT2D eigenvalue weighted by atomic mass is 16.5. The summed E-state index contributed by atoms with van der Waals surface area (Å²) in [4.78, 5) is 4.40. The molecular weight excluding hydrogens is 240 g/mol.